The molecule has 2 heteroatoms. The molecule has 0 aliphatic carbocycles. The second-order valence-corrected chi connectivity index (χ2v) is 6.06. The summed E-state index contributed by atoms with van der Waals surface area (Å²) in [6.45, 7) is 0. The summed E-state index contributed by atoms with van der Waals surface area (Å²) >= 11 is 6.04. The Bertz CT molecular complexity index is 962. The van der Waals surface area contributed by atoms with Crippen molar-refractivity contribution in [2.24, 2.45) is 0 Å². The van der Waals surface area contributed by atoms with Crippen molar-refractivity contribution >= 4 is 34.2 Å². The molecule has 3 aromatic carbocycles. The minimum Gasteiger partial charge on any atom is -0.456 e. The van der Waals surface area contributed by atoms with Gasteiger partial charge in [0.1, 0.15) is 11.3 Å². The topological polar surface area (TPSA) is 13.1 Å². The molecule has 1 heterocycles. The standard InChI is InChI=1S/C22H15ClO/c23-19-12-10-17(11-13-19)20(14-16-6-2-1-3-7-16)22-15-18-8-4-5-9-21(18)24-22/h1-15H/b20-14+. The molecule has 0 saturated carbocycles. The molecule has 4 aromatic rings. The molecule has 24 heavy (non-hydrogen) atoms. The Morgan fingerprint density at radius 1 is 0.792 bits per heavy atom. The Hall–Kier alpha value is -2.77. The van der Waals surface area contributed by atoms with Crippen LogP contribution < -0.4 is 0 Å². The van der Waals surface area contributed by atoms with Crippen LogP contribution in [0.2, 0.25) is 5.02 Å². The molecule has 0 N–H and O–H groups in total. The molecule has 0 spiro atoms. The normalized spacial score (nSPS) is 11.8. The fourth-order valence-electron chi connectivity index (χ4n) is 2.76. The van der Waals surface area contributed by atoms with Gasteiger partial charge in [-0.25, -0.2) is 0 Å². The van der Waals surface area contributed by atoms with Gasteiger partial charge in [0.2, 0.25) is 0 Å². The number of hydrogen-bond donors (Lipinski definition) is 0. The van der Waals surface area contributed by atoms with Crippen LogP contribution in [0.25, 0.3) is 22.6 Å². The van der Waals surface area contributed by atoms with Crippen LogP contribution in [0.1, 0.15) is 16.9 Å². The predicted molar refractivity (Wildman–Crippen MR) is 101 cm³/mol. The SMILES string of the molecule is Clc1ccc(/C(=C\c2ccccc2)c2cc3ccccc3o2)cc1. The lowest BCUT2D eigenvalue weighted by Crippen LogP contribution is -1.86. The second kappa shape index (κ2) is 6.38. The van der Waals surface area contributed by atoms with E-state index in [0.29, 0.717) is 0 Å². The highest BCUT2D eigenvalue weighted by Gasteiger charge is 2.11. The van der Waals surface area contributed by atoms with Crippen molar-refractivity contribution in [3.05, 3.63) is 107 Å². The van der Waals surface area contributed by atoms with Crippen molar-refractivity contribution in [3.8, 4) is 0 Å². The molecule has 0 amide bonds. The number of rotatable bonds is 3. The molecule has 0 atom stereocenters. The Balaban J connectivity index is 1.89. The lowest BCUT2D eigenvalue weighted by Gasteiger charge is -2.06. The van der Waals surface area contributed by atoms with Gasteiger partial charge in [-0.05, 0) is 41.5 Å². The first kappa shape index (κ1) is 14.8. The first-order valence-corrected chi connectivity index (χ1v) is 8.19. The molecule has 0 fully saturated rings. The zero-order valence-corrected chi connectivity index (χ0v) is 13.7. The van der Waals surface area contributed by atoms with E-state index in [2.05, 4.69) is 30.3 Å². The first-order valence-electron chi connectivity index (χ1n) is 7.81. The van der Waals surface area contributed by atoms with Crippen LogP contribution in [-0.4, -0.2) is 0 Å². The Morgan fingerprint density at radius 3 is 2.25 bits per heavy atom. The van der Waals surface area contributed by atoms with E-state index >= 15 is 0 Å². The van der Waals surface area contributed by atoms with Gasteiger partial charge in [-0.15, -0.1) is 0 Å². The monoisotopic (exact) mass is 330 g/mol. The van der Waals surface area contributed by atoms with Crippen molar-refractivity contribution in [1.29, 1.82) is 0 Å². The van der Waals surface area contributed by atoms with E-state index in [1.807, 2.05) is 60.7 Å². The quantitative estimate of drug-likeness (QED) is 0.382. The third-order valence-electron chi connectivity index (χ3n) is 3.96. The van der Waals surface area contributed by atoms with Gasteiger partial charge < -0.3 is 4.42 Å². The second-order valence-electron chi connectivity index (χ2n) is 5.62. The highest BCUT2D eigenvalue weighted by molar-refractivity contribution is 6.30. The van der Waals surface area contributed by atoms with Gasteiger partial charge in [-0.3, -0.25) is 0 Å². The fourth-order valence-corrected chi connectivity index (χ4v) is 2.88. The van der Waals surface area contributed by atoms with Gasteiger partial charge in [0.25, 0.3) is 0 Å². The van der Waals surface area contributed by atoms with Crippen molar-refractivity contribution < 1.29 is 4.42 Å². The molecule has 0 unspecified atom stereocenters. The van der Waals surface area contributed by atoms with Crippen LogP contribution in [0.5, 0.6) is 0 Å². The third kappa shape index (κ3) is 2.99. The predicted octanol–water partition coefficient (Wildman–Crippen LogP) is 6.68. The van der Waals surface area contributed by atoms with Crippen LogP contribution in [0.4, 0.5) is 0 Å². The van der Waals surface area contributed by atoms with Crippen LogP contribution in [0, 0.1) is 0 Å². The maximum atomic E-state index is 6.09. The van der Waals surface area contributed by atoms with Crippen LogP contribution in [-0.2, 0) is 0 Å². The molecular formula is C22H15ClO. The minimum absolute atomic E-state index is 0.724. The molecule has 0 bridgehead atoms. The van der Waals surface area contributed by atoms with Crippen molar-refractivity contribution in [2.75, 3.05) is 0 Å². The van der Waals surface area contributed by atoms with Crippen molar-refractivity contribution in [2.45, 2.75) is 0 Å². The number of para-hydroxylation sites is 1. The van der Waals surface area contributed by atoms with Gasteiger partial charge in [-0.1, -0.05) is 72.3 Å². The fraction of sp³-hybridized carbons (Fsp3) is 0. The average molecular weight is 331 g/mol. The lowest BCUT2D eigenvalue weighted by molar-refractivity contribution is 0.601. The maximum Gasteiger partial charge on any atom is 0.136 e. The maximum absolute atomic E-state index is 6.09. The zero-order valence-electron chi connectivity index (χ0n) is 12.9. The minimum atomic E-state index is 0.724. The number of halogens is 1. The Labute approximate surface area is 145 Å². The molecule has 1 nitrogen and oxygen atoms in total. The van der Waals surface area contributed by atoms with E-state index in [-0.39, 0.29) is 0 Å². The van der Waals surface area contributed by atoms with E-state index in [9.17, 15) is 0 Å². The van der Waals surface area contributed by atoms with Crippen molar-refractivity contribution in [3.63, 3.8) is 0 Å². The highest BCUT2D eigenvalue weighted by Crippen LogP contribution is 2.31. The number of hydrogen-bond acceptors (Lipinski definition) is 1. The van der Waals surface area contributed by atoms with Crippen LogP contribution >= 0.6 is 11.6 Å². The lowest BCUT2D eigenvalue weighted by atomic mass is 10.0. The summed E-state index contributed by atoms with van der Waals surface area (Å²) in [6, 6.07) is 28.2. The van der Waals surface area contributed by atoms with Crippen LogP contribution in [0.3, 0.4) is 0 Å². The summed E-state index contributed by atoms with van der Waals surface area (Å²) in [5.74, 6) is 0.849. The zero-order chi connectivity index (χ0) is 16.4. The summed E-state index contributed by atoms with van der Waals surface area (Å²) in [5, 5.41) is 1.82. The van der Waals surface area contributed by atoms with Crippen LogP contribution in [0.15, 0.2) is 89.3 Å². The van der Waals surface area contributed by atoms with Crippen molar-refractivity contribution in [1.82, 2.24) is 0 Å². The Kier molecular flexibility index (Phi) is 3.94. The molecule has 0 radical (unpaired) electrons. The molecule has 0 saturated heterocycles. The molecule has 0 aliphatic rings. The summed E-state index contributed by atoms with van der Waals surface area (Å²) in [7, 11) is 0. The molecule has 0 aliphatic heterocycles. The van der Waals surface area contributed by atoms with Gasteiger partial charge >= 0.3 is 0 Å². The largest absolute Gasteiger partial charge is 0.456 e. The van der Waals surface area contributed by atoms with Gasteiger partial charge in [0.15, 0.2) is 0 Å². The summed E-state index contributed by atoms with van der Waals surface area (Å²) in [6.07, 6.45) is 2.14. The van der Waals surface area contributed by atoms with E-state index in [1.54, 1.807) is 0 Å². The summed E-state index contributed by atoms with van der Waals surface area (Å²) in [5.41, 5.74) is 4.12. The van der Waals surface area contributed by atoms with E-state index < -0.39 is 0 Å². The van der Waals surface area contributed by atoms with Gasteiger partial charge in [0.05, 0.1) is 0 Å². The average Bonchev–Trinajstić information content (AvgIpc) is 3.05. The molecule has 116 valence electrons. The smallest absolute Gasteiger partial charge is 0.136 e. The van der Waals surface area contributed by atoms with Gasteiger partial charge in [-0.2, -0.15) is 0 Å². The van der Waals surface area contributed by atoms with E-state index in [0.717, 1.165) is 38.5 Å². The number of benzene rings is 3. The van der Waals surface area contributed by atoms with Gasteiger partial charge in [0, 0.05) is 16.0 Å². The Morgan fingerprint density at radius 2 is 1.50 bits per heavy atom. The highest BCUT2D eigenvalue weighted by atomic mass is 35.5. The summed E-state index contributed by atoms with van der Waals surface area (Å²) < 4.78 is 6.09. The van der Waals surface area contributed by atoms with E-state index in [1.165, 1.54) is 0 Å². The first-order chi connectivity index (χ1) is 11.8. The number of furan rings is 1. The molecular weight excluding hydrogens is 316 g/mol. The summed E-state index contributed by atoms with van der Waals surface area (Å²) in [4.78, 5) is 0. The number of fused-ring (bicyclic) bond motifs is 1. The van der Waals surface area contributed by atoms with E-state index in [4.69, 9.17) is 16.0 Å². The third-order valence-corrected chi connectivity index (χ3v) is 4.21. The molecule has 4 rings (SSSR count). The molecule has 1 aromatic heterocycles.